The third-order valence-corrected chi connectivity index (χ3v) is 3.47. The van der Waals surface area contributed by atoms with Gasteiger partial charge in [-0.2, -0.15) is 0 Å². The number of hydrogen-bond acceptors (Lipinski definition) is 1. The molecule has 0 amide bonds. The van der Waals surface area contributed by atoms with E-state index in [0.29, 0.717) is 0 Å². The summed E-state index contributed by atoms with van der Waals surface area (Å²) in [6.45, 7) is 1.95. The van der Waals surface area contributed by atoms with Crippen molar-refractivity contribution in [3.05, 3.63) is 35.1 Å². The van der Waals surface area contributed by atoms with Gasteiger partial charge in [-0.15, -0.1) is 0 Å². The highest BCUT2D eigenvalue weighted by atomic mass is 19.1. The van der Waals surface area contributed by atoms with Gasteiger partial charge in [0.25, 0.3) is 0 Å². The van der Waals surface area contributed by atoms with Crippen molar-refractivity contribution < 1.29 is 4.39 Å². The largest absolute Gasteiger partial charge is 0.321 e. The Morgan fingerprint density at radius 1 is 1.20 bits per heavy atom. The Morgan fingerprint density at radius 2 is 1.87 bits per heavy atom. The van der Waals surface area contributed by atoms with Gasteiger partial charge in [0.15, 0.2) is 0 Å². The molecule has 0 aliphatic heterocycles. The summed E-state index contributed by atoms with van der Waals surface area (Å²) in [5.41, 5.74) is 8.31. The van der Waals surface area contributed by atoms with Crippen molar-refractivity contribution in [1.82, 2.24) is 0 Å². The van der Waals surface area contributed by atoms with Crippen LogP contribution in [0.2, 0.25) is 0 Å². The lowest BCUT2D eigenvalue weighted by Gasteiger charge is -2.35. The van der Waals surface area contributed by atoms with E-state index in [9.17, 15) is 4.39 Å². The summed E-state index contributed by atoms with van der Waals surface area (Å²) in [6.07, 6.45) is 5.71. The van der Waals surface area contributed by atoms with Gasteiger partial charge in [-0.1, -0.05) is 25.3 Å². The van der Waals surface area contributed by atoms with Crippen molar-refractivity contribution >= 4 is 0 Å². The molecule has 1 aliphatic rings. The first-order chi connectivity index (χ1) is 7.12. The predicted octanol–water partition coefficient (Wildman–Crippen LogP) is 3.25. The summed E-state index contributed by atoms with van der Waals surface area (Å²) in [6, 6.07) is 4.96. The highest BCUT2D eigenvalue weighted by Crippen LogP contribution is 2.36. The average molecular weight is 207 g/mol. The minimum Gasteiger partial charge on any atom is -0.321 e. The van der Waals surface area contributed by atoms with Crippen molar-refractivity contribution in [3.8, 4) is 0 Å². The highest BCUT2D eigenvalue weighted by Gasteiger charge is 2.30. The van der Waals surface area contributed by atoms with Gasteiger partial charge >= 0.3 is 0 Å². The molecule has 0 aromatic heterocycles. The van der Waals surface area contributed by atoms with Crippen molar-refractivity contribution in [3.63, 3.8) is 0 Å². The monoisotopic (exact) mass is 207 g/mol. The first-order valence-electron chi connectivity index (χ1n) is 5.67. The van der Waals surface area contributed by atoms with Gasteiger partial charge in [-0.05, 0) is 43.0 Å². The molecule has 1 aromatic rings. The molecule has 0 bridgehead atoms. The van der Waals surface area contributed by atoms with Crippen LogP contribution in [-0.4, -0.2) is 0 Å². The molecule has 82 valence electrons. The van der Waals surface area contributed by atoms with Crippen LogP contribution in [-0.2, 0) is 5.54 Å². The zero-order chi connectivity index (χ0) is 10.9. The van der Waals surface area contributed by atoms with Gasteiger partial charge in [0.05, 0.1) is 0 Å². The fourth-order valence-corrected chi connectivity index (χ4v) is 2.64. The quantitative estimate of drug-likeness (QED) is 0.751. The molecule has 1 aliphatic carbocycles. The van der Waals surface area contributed by atoms with E-state index in [4.69, 9.17) is 5.73 Å². The Labute approximate surface area is 90.5 Å². The van der Waals surface area contributed by atoms with Crippen molar-refractivity contribution in [2.24, 2.45) is 5.73 Å². The van der Waals surface area contributed by atoms with Crippen molar-refractivity contribution in [1.29, 1.82) is 0 Å². The lowest BCUT2D eigenvalue weighted by Crippen LogP contribution is -2.39. The molecule has 0 atom stereocenters. The molecule has 15 heavy (non-hydrogen) atoms. The second-order valence-electron chi connectivity index (χ2n) is 4.68. The van der Waals surface area contributed by atoms with Crippen LogP contribution in [0.5, 0.6) is 0 Å². The van der Waals surface area contributed by atoms with Crippen LogP contribution in [0, 0.1) is 12.7 Å². The highest BCUT2D eigenvalue weighted by molar-refractivity contribution is 5.33. The lowest BCUT2D eigenvalue weighted by atomic mass is 9.76. The average Bonchev–Trinajstić information content (AvgIpc) is 2.18. The number of nitrogens with two attached hydrogens (primary N) is 1. The molecule has 2 heteroatoms. The Hall–Kier alpha value is -0.890. The number of hydrogen-bond donors (Lipinski definition) is 1. The van der Waals surface area contributed by atoms with Crippen LogP contribution in [0.4, 0.5) is 4.39 Å². The maximum Gasteiger partial charge on any atom is 0.123 e. The first-order valence-corrected chi connectivity index (χ1v) is 5.67. The van der Waals surface area contributed by atoms with E-state index in [1.54, 1.807) is 6.07 Å². The van der Waals surface area contributed by atoms with E-state index in [1.165, 1.54) is 25.3 Å². The van der Waals surface area contributed by atoms with Crippen LogP contribution in [0.15, 0.2) is 18.2 Å². The maximum absolute atomic E-state index is 13.0. The second-order valence-corrected chi connectivity index (χ2v) is 4.68. The van der Waals surface area contributed by atoms with E-state index in [-0.39, 0.29) is 11.4 Å². The lowest BCUT2D eigenvalue weighted by molar-refractivity contribution is 0.301. The van der Waals surface area contributed by atoms with E-state index in [2.05, 4.69) is 0 Å². The van der Waals surface area contributed by atoms with Gasteiger partial charge in [0, 0.05) is 5.54 Å². The Morgan fingerprint density at radius 3 is 2.47 bits per heavy atom. The smallest absolute Gasteiger partial charge is 0.123 e. The molecule has 0 spiro atoms. The van der Waals surface area contributed by atoms with E-state index >= 15 is 0 Å². The van der Waals surface area contributed by atoms with Crippen LogP contribution in [0.25, 0.3) is 0 Å². The molecule has 1 nitrogen and oxygen atoms in total. The number of benzene rings is 1. The number of rotatable bonds is 1. The Balaban J connectivity index is 2.35. The van der Waals surface area contributed by atoms with Gasteiger partial charge in [-0.3, -0.25) is 0 Å². The summed E-state index contributed by atoms with van der Waals surface area (Å²) < 4.78 is 13.0. The molecular weight excluding hydrogens is 189 g/mol. The van der Waals surface area contributed by atoms with Crippen LogP contribution >= 0.6 is 0 Å². The summed E-state index contributed by atoms with van der Waals surface area (Å²) in [5.74, 6) is -0.171. The molecule has 0 heterocycles. The molecule has 1 saturated carbocycles. The minimum atomic E-state index is -0.212. The SMILES string of the molecule is Cc1cc(F)ccc1C1(N)CCCCC1. The maximum atomic E-state index is 13.0. The second kappa shape index (κ2) is 3.93. The number of halogens is 1. The fraction of sp³-hybridized carbons (Fsp3) is 0.538. The summed E-state index contributed by atoms with van der Waals surface area (Å²) in [7, 11) is 0. The summed E-state index contributed by atoms with van der Waals surface area (Å²) >= 11 is 0. The molecular formula is C13H18FN. The molecule has 0 radical (unpaired) electrons. The fourth-order valence-electron chi connectivity index (χ4n) is 2.64. The van der Waals surface area contributed by atoms with Crippen molar-refractivity contribution in [2.45, 2.75) is 44.6 Å². The predicted molar refractivity (Wildman–Crippen MR) is 60.1 cm³/mol. The standard InChI is InChI=1S/C13H18FN/c1-10-9-11(14)5-6-12(10)13(15)7-3-2-4-8-13/h5-6,9H,2-4,7-8,15H2,1H3. The summed E-state index contributed by atoms with van der Waals surface area (Å²) in [4.78, 5) is 0. The molecule has 0 unspecified atom stereocenters. The van der Waals surface area contributed by atoms with Crippen LogP contribution in [0.1, 0.15) is 43.2 Å². The number of aryl methyl sites for hydroxylation is 1. The van der Waals surface area contributed by atoms with Crippen molar-refractivity contribution in [2.75, 3.05) is 0 Å². The van der Waals surface area contributed by atoms with Gasteiger partial charge in [0.2, 0.25) is 0 Å². The summed E-state index contributed by atoms with van der Waals surface area (Å²) in [5, 5.41) is 0. The molecule has 0 saturated heterocycles. The van der Waals surface area contributed by atoms with Gasteiger partial charge in [-0.25, -0.2) is 4.39 Å². The zero-order valence-electron chi connectivity index (χ0n) is 9.22. The molecule has 1 aromatic carbocycles. The topological polar surface area (TPSA) is 26.0 Å². The van der Waals surface area contributed by atoms with Crippen LogP contribution < -0.4 is 5.73 Å². The zero-order valence-corrected chi connectivity index (χ0v) is 9.22. The molecule has 2 rings (SSSR count). The third-order valence-electron chi connectivity index (χ3n) is 3.47. The normalized spacial score (nSPS) is 20.2. The Kier molecular flexibility index (Phi) is 2.79. The molecule has 2 N–H and O–H groups in total. The van der Waals surface area contributed by atoms with Crippen LogP contribution in [0.3, 0.4) is 0 Å². The van der Waals surface area contributed by atoms with E-state index in [0.717, 1.165) is 24.0 Å². The Bertz CT molecular complexity index is 354. The van der Waals surface area contributed by atoms with E-state index < -0.39 is 0 Å². The third kappa shape index (κ3) is 2.05. The minimum absolute atomic E-state index is 0.171. The van der Waals surface area contributed by atoms with E-state index in [1.807, 2.05) is 13.0 Å². The molecule has 1 fully saturated rings. The first kappa shape index (κ1) is 10.6. The van der Waals surface area contributed by atoms with Gasteiger partial charge < -0.3 is 5.73 Å². The van der Waals surface area contributed by atoms with Gasteiger partial charge in [0.1, 0.15) is 5.82 Å².